The molecule has 1 heterocycles. The lowest BCUT2D eigenvalue weighted by Gasteiger charge is -2.13. The van der Waals surface area contributed by atoms with Crippen LogP contribution in [0.3, 0.4) is 0 Å². The SMILES string of the molecule is COc1cc(/C=C2\SC(=O)N(CCOc3ccc(Cl)cc3)C2=O)ccc1OS(=O)(=O)c1ccccc1. The molecule has 1 aliphatic heterocycles. The zero-order valence-electron chi connectivity index (χ0n) is 18.9. The monoisotopic (exact) mass is 545 g/mol. The third kappa shape index (κ3) is 6.01. The van der Waals surface area contributed by atoms with Gasteiger partial charge in [0.25, 0.3) is 11.1 Å². The summed E-state index contributed by atoms with van der Waals surface area (Å²) >= 11 is 6.66. The normalized spacial score (nSPS) is 14.8. The van der Waals surface area contributed by atoms with E-state index in [4.69, 9.17) is 25.3 Å². The van der Waals surface area contributed by atoms with Gasteiger partial charge in [-0.05, 0) is 71.9 Å². The molecule has 8 nitrogen and oxygen atoms in total. The average molecular weight is 546 g/mol. The number of carbonyl (C=O) groups excluding carboxylic acids is 2. The molecule has 1 aliphatic rings. The van der Waals surface area contributed by atoms with E-state index in [9.17, 15) is 18.0 Å². The maximum absolute atomic E-state index is 12.8. The molecule has 0 aliphatic carbocycles. The molecule has 186 valence electrons. The summed E-state index contributed by atoms with van der Waals surface area (Å²) in [6.45, 7) is 0.209. The number of halogens is 1. The Labute approximate surface area is 217 Å². The number of methoxy groups -OCH3 is 1. The van der Waals surface area contributed by atoms with Crippen molar-refractivity contribution in [2.24, 2.45) is 0 Å². The average Bonchev–Trinajstić information content (AvgIpc) is 3.13. The van der Waals surface area contributed by atoms with E-state index in [1.807, 2.05) is 0 Å². The molecule has 0 spiro atoms. The van der Waals surface area contributed by atoms with Crippen molar-refractivity contribution in [1.29, 1.82) is 0 Å². The van der Waals surface area contributed by atoms with Crippen molar-refractivity contribution in [3.05, 3.63) is 88.3 Å². The van der Waals surface area contributed by atoms with Crippen LogP contribution in [0, 0.1) is 0 Å². The van der Waals surface area contributed by atoms with Crippen molar-refractivity contribution in [3.63, 3.8) is 0 Å². The second-order valence-electron chi connectivity index (χ2n) is 7.40. The summed E-state index contributed by atoms with van der Waals surface area (Å²) in [4.78, 5) is 26.5. The number of benzene rings is 3. The maximum atomic E-state index is 12.8. The molecule has 3 aromatic rings. The minimum atomic E-state index is -4.06. The van der Waals surface area contributed by atoms with Crippen molar-refractivity contribution in [2.45, 2.75) is 4.90 Å². The number of ether oxygens (including phenoxy) is 2. The largest absolute Gasteiger partial charge is 0.493 e. The van der Waals surface area contributed by atoms with Gasteiger partial charge in [0.05, 0.1) is 18.6 Å². The van der Waals surface area contributed by atoms with Crippen LogP contribution in [0.25, 0.3) is 6.08 Å². The number of amides is 2. The van der Waals surface area contributed by atoms with Crippen LogP contribution in [0.4, 0.5) is 4.79 Å². The highest BCUT2D eigenvalue weighted by Crippen LogP contribution is 2.35. The first-order valence-corrected chi connectivity index (χ1v) is 13.2. The Balaban J connectivity index is 1.45. The Hall–Kier alpha value is -3.47. The molecule has 11 heteroatoms. The van der Waals surface area contributed by atoms with Crippen LogP contribution in [0.2, 0.25) is 5.02 Å². The van der Waals surface area contributed by atoms with Crippen LogP contribution in [0.15, 0.2) is 82.6 Å². The summed E-state index contributed by atoms with van der Waals surface area (Å²) in [5.74, 6) is 0.269. The van der Waals surface area contributed by atoms with Crippen LogP contribution in [0.1, 0.15) is 5.56 Å². The maximum Gasteiger partial charge on any atom is 0.339 e. The summed E-state index contributed by atoms with van der Waals surface area (Å²) in [6.07, 6.45) is 1.53. The highest BCUT2D eigenvalue weighted by atomic mass is 35.5. The first-order chi connectivity index (χ1) is 17.3. The van der Waals surface area contributed by atoms with Gasteiger partial charge in [0.1, 0.15) is 17.3 Å². The van der Waals surface area contributed by atoms with Gasteiger partial charge in [-0.15, -0.1) is 0 Å². The van der Waals surface area contributed by atoms with Crippen LogP contribution >= 0.6 is 23.4 Å². The van der Waals surface area contributed by atoms with E-state index in [2.05, 4.69) is 0 Å². The smallest absolute Gasteiger partial charge is 0.339 e. The Morgan fingerprint density at radius 1 is 0.972 bits per heavy atom. The molecule has 0 unspecified atom stereocenters. The lowest BCUT2D eigenvalue weighted by atomic mass is 10.2. The first-order valence-electron chi connectivity index (χ1n) is 10.6. The summed E-state index contributed by atoms with van der Waals surface area (Å²) in [5.41, 5.74) is 0.527. The number of thioether (sulfide) groups is 1. The van der Waals surface area contributed by atoms with Crippen LogP contribution in [-0.2, 0) is 14.9 Å². The van der Waals surface area contributed by atoms with E-state index >= 15 is 0 Å². The lowest BCUT2D eigenvalue weighted by molar-refractivity contribution is -0.123. The van der Waals surface area contributed by atoms with Crippen molar-refractivity contribution < 1.29 is 31.7 Å². The summed E-state index contributed by atoms with van der Waals surface area (Å²) in [6, 6.07) is 19.0. The number of hydrogen-bond donors (Lipinski definition) is 0. The fourth-order valence-corrected chi connectivity index (χ4v) is 5.18. The molecule has 3 aromatic carbocycles. The Kier molecular flexibility index (Phi) is 7.88. The van der Waals surface area contributed by atoms with Crippen LogP contribution in [0.5, 0.6) is 17.2 Å². The van der Waals surface area contributed by atoms with E-state index < -0.39 is 21.3 Å². The summed E-state index contributed by atoms with van der Waals surface area (Å²) in [5, 5.41) is 0.166. The van der Waals surface area contributed by atoms with Gasteiger partial charge in [0.2, 0.25) is 0 Å². The zero-order valence-corrected chi connectivity index (χ0v) is 21.3. The minimum absolute atomic E-state index is 0.00449. The number of imide groups is 1. The molecule has 0 aromatic heterocycles. The van der Waals surface area contributed by atoms with Gasteiger partial charge < -0.3 is 13.7 Å². The van der Waals surface area contributed by atoms with E-state index in [-0.39, 0.29) is 34.5 Å². The molecule has 1 fully saturated rings. The number of hydrogen-bond acceptors (Lipinski definition) is 8. The van der Waals surface area contributed by atoms with Gasteiger partial charge in [-0.25, -0.2) is 0 Å². The first kappa shape index (κ1) is 25.6. The summed E-state index contributed by atoms with van der Waals surface area (Å²) < 4.78 is 41.2. The predicted molar refractivity (Wildman–Crippen MR) is 137 cm³/mol. The van der Waals surface area contributed by atoms with Gasteiger partial charge >= 0.3 is 10.1 Å². The molecule has 0 radical (unpaired) electrons. The predicted octanol–water partition coefficient (Wildman–Crippen LogP) is 5.23. The zero-order chi connectivity index (χ0) is 25.7. The second kappa shape index (κ2) is 11.1. The second-order valence-corrected chi connectivity index (χ2v) is 10.4. The fourth-order valence-electron chi connectivity index (χ4n) is 3.23. The van der Waals surface area contributed by atoms with Crippen molar-refractivity contribution in [3.8, 4) is 17.2 Å². The van der Waals surface area contributed by atoms with Crippen LogP contribution < -0.4 is 13.7 Å². The van der Waals surface area contributed by atoms with Crippen molar-refractivity contribution >= 4 is 50.7 Å². The molecular formula is C25H20ClNO7S2. The molecule has 36 heavy (non-hydrogen) atoms. The third-order valence-corrected chi connectivity index (χ3v) is 7.40. The molecule has 0 N–H and O–H groups in total. The van der Waals surface area contributed by atoms with Crippen molar-refractivity contribution in [1.82, 2.24) is 4.90 Å². The quantitative estimate of drug-likeness (QED) is 0.266. The highest BCUT2D eigenvalue weighted by molar-refractivity contribution is 8.18. The number of nitrogens with zero attached hydrogens (tertiary/aromatic N) is 1. The van der Waals surface area contributed by atoms with Gasteiger partial charge in [0, 0.05) is 5.02 Å². The Morgan fingerprint density at radius 2 is 1.69 bits per heavy atom. The molecule has 0 saturated carbocycles. The van der Waals surface area contributed by atoms with Crippen molar-refractivity contribution in [2.75, 3.05) is 20.3 Å². The topological polar surface area (TPSA) is 99.2 Å². The standard InChI is InChI=1S/C25H20ClNO7S2/c1-32-22-15-17(7-12-21(22)34-36(30,31)20-5-3-2-4-6-20)16-23-24(28)27(25(29)35-23)13-14-33-19-10-8-18(26)9-11-19/h2-12,15-16H,13-14H2,1H3/b23-16-. The minimum Gasteiger partial charge on any atom is -0.493 e. The number of carbonyl (C=O) groups is 2. The van der Waals surface area contributed by atoms with E-state index in [1.165, 1.54) is 37.5 Å². The van der Waals surface area contributed by atoms with Crippen LogP contribution in [-0.4, -0.2) is 44.7 Å². The van der Waals surface area contributed by atoms with E-state index in [1.54, 1.807) is 48.5 Å². The molecule has 4 rings (SSSR count). The highest BCUT2D eigenvalue weighted by Gasteiger charge is 2.35. The van der Waals surface area contributed by atoms with Gasteiger partial charge in [-0.1, -0.05) is 35.9 Å². The Bertz CT molecular complexity index is 1410. The molecular weight excluding hydrogens is 526 g/mol. The molecule has 0 bridgehead atoms. The summed E-state index contributed by atoms with van der Waals surface area (Å²) in [7, 11) is -2.69. The fraction of sp³-hybridized carbons (Fsp3) is 0.120. The van der Waals surface area contributed by atoms with Gasteiger partial charge in [0.15, 0.2) is 11.5 Å². The molecule has 1 saturated heterocycles. The van der Waals surface area contributed by atoms with Gasteiger partial charge in [-0.2, -0.15) is 8.42 Å². The van der Waals surface area contributed by atoms with E-state index in [0.29, 0.717) is 16.3 Å². The van der Waals surface area contributed by atoms with E-state index in [0.717, 1.165) is 16.7 Å². The third-order valence-electron chi connectivity index (χ3n) is 4.99. The Morgan fingerprint density at radius 3 is 2.39 bits per heavy atom. The molecule has 0 atom stereocenters. The number of rotatable bonds is 9. The lowest BCUT2D eigenvalue weighted by Crippen LogP contribution is -2.32. The molecule has 2 amide bonds. The van der Waals surface area contributed by atoms with Gasteiger partial charge in [-0.3, -0.25) is 14.5 Å².